The van der Waals surface area contributed by atoms with E-state index in [-0.39, 0.29) is 12.2 Å². The summed E-state index contributed by atoms with van der Waals surface area (Å²) in [6, 6.07) is 8.46. The van der Waals surface area contributed by atoms with E-state index in [1.54, 1.807) is 46.5 Å². The Morgan fingerprint density at radius 1 is 1.00 bits per heavy atom. The second-order valence-corrected chi connectivity index (χ2v) is 5.06. The zero-order chi connectivity index (χ0) is 17.7. The molecule has 6 nitrogen and oxygen atoms in total. The molecule has 0 aromatic heterocycles. The Bertz CT molecular complexity index is 739. The quantitative estimate of drug-likeness (QED) is 0.838. The number of ether oxygens (including phenoxy) is 4. The van der Waals surface area contributed by atoms with Gasteiger partial charge in [-0.05, 0) is 42.8 Å². The molecule has 24 heavy (non-hydrogen) atoms. The van der Waals surface area contributed by atoms with Crippen LogP contribution in [-0.2, 0) is 6.61 Å². The molecule has 0 saturated heterocycles. The van der Waals surface area contributed by atoms with Crippen LogP contribution in [0.25, 0.3) is 0 Å². The van der Waals surface area contributed by atoms with Gasteiger partial charge in [0, 0.05) is 5.56 Å². The summed E-state index contributed by atoms with van der Waals surface area (Å²) in [5.74, 6) is 1.23. The number of hydrogen-bond acceptors (Lipinski definition) is 5. The van der Waals surface area contributed by atoms with Gasteiger partial charge < -0.3 is 24.1 Å². The monoisotopic (exact) mass is 332 g/mol. The number of carboxylic acids is 1. The summed E-state index contributed by atoms with van der Waals surface area (Å²) < 4.78 is 21.8. The molecule has 0 unspecified atom stereocenters. The highest BCUT2D eigenvalue weighted by molar-refractivity contribution is 5.89. The molecule has 0 atom stereocenters. The van der Waals surface area contributed by atoms with Crippen molar-refractivity contribution >= 4 is 5.97 Å². The molecule has 0 aliphatic rings. The molecule has 6 heteroatoms. The molecule has 0 aliphatic heterocycles. The lowest BCUT2D eigenvalue weighted by molar-refractivity contribution is 0.0696. The van der Waals surface area contributed by atoms with Crippen LogP contribution < -0.4 is 18.9 Å². The minimum absolute atomic E-state index is 0.245. The molecule has 0 amide bonds. The molecule has 2 rings (SSSR count). The van der Waals surface area contributed by atoms with Crippen LogP contribution in [0.1, 0.15) is 21.5 Å². The van der Waals surface area contributed by atoms with Gasteiger partial charge in [-0.25, -0.2) is 4.79 Å². The Morgan fingerprint density at radius 2 is 1.71 bits per heavy atom. The Morgan fingerprint density at radius 3 is 2.25 bits per heavy atom. The number of benzene rings is 2. The second-order valence-electron chi connectivity index (χ2n) is 5.06. The van der Waals surface area contributed by atoms with Crippen LogP contribution in [0.15, 0.2) is 30.3 Å². The summed E-state index contributed by atoms with van der Waals surface area (Å²) in [4.78, 5) is 11.0. The Kier molecular flexibility index (Phi) is 5.52. The summed E-state index contributed by atoms with van der Waals surface area (Å²) >= 11 is 0. The van der Waals surface area contributed by atoms with Crippen LogP contribution in [0.4, 0.5) is 0 Å². The first kappa shape index (κ1) is 17.5. The number of carboxylic acid groups (broad SMARTS) is 1. The maximum atomic E-state index is 11.0. The van der Waals surface area contributed by atoms with Crippen LogP contribution in [0.2, 0.25) is 0 Å². The van der Waals surface area contributed by atoms with Crippen molar-refractivity contribution in [3.63, 3.8) is 0 Å². The van der Waals surface area contributed by atoms with Crippen molar-refractivity contribution in [2.24, 2.45) is 0 Å². The summed E-state index contributed by atoms with van der Waals surface area (Å²) in [5.41, 5.74) is 1.68. The number of hydrogen-bond donors (Lipinski definition) is 1. The van der Waals surface area contributed by atoms with Gasteiger partial charge in [-0.2, -0.15) is 0 Å². The lowest BCUT2D eigenvalue weighted by Crippen LogP contribution is -2.03. The smallest absolute Gasteiger partial charge is 0.335 e. The average molecular weight is 332 g/mol. The molecule has 0 spiro atoms. The molecule has 0 fully saturated rings. The lowest BCUT2D eigenvalue weighted by Gasteiger charge is -2.16. The molecule has 2 aromatic carbocycles. The summed E-state index contributed by atoms with van der Waals surface area (Å²) in [7, 11) is 4.64. The van der Waals surface area contributed by atoms with Crippen molar-refractivity contribution in [2.45, 2.75) is 13.5 Å². The minimum Gasteiger partial charge on any atom is -0.493 e. The Labute approximate surface area is 140 Å². The molecule has 0 bridgehead atoms. The topological polar surface area (TPSA) is 74.2 Å². The maximum Gasteiger partial charge on any atom is 0.335 e. The first-order valence-corrected chi connectivity index (χ1v) is 7.26. The number of aromatic carboxylic acids is 1. The normalized spacial score (nSPS) is 10.2. The van der Waals surface area contributed by atoms with Crippen molar-refractivity contribution in [2.75, 3.05) is 21.3 Å². The predicted molar refractivity (Wildman–Crippen MR) is 88.6 cm³/mol. The first-order valence-electron chi connectivity index (χ1n) is 7.26. The highest BCUT2D eigenvalue weighted by Crippen LogP contribution is 2.40. The van der Waals surface area contributed by atoms with Gasteiger partial charge in [-0.1, -0.05) is 0 Å². The van der Waals surface area contributed by atoms with Crippen molar-refractivity contribution in [3.05, 3.63) is 47.0 Å². The number of methoxy groups -OCH3 is 3. The largest absolute Gasteiger partial charge is 0.493 e. The van der Waals surface area contributed by atoms with Crippen molar-refractivity contribution in [1.29, 1.82) is 0 Å². The van der Waals surface area contributed by atoms with E-state index in [9.17, 15) is 4.79 Å². The van der Waals surface area contributed by atoms with E-state index in [2.05, 4.69) is 0 Å². The van der Waals surface area contributed by atoms with Gasteiger partial charge in [0.2, 0.25) is 5.75 Å². The first-order chi connectivity index (χ1) is 11.5. The molecular weight excluding hydrogens is 312 g/mol. The Hall–Kier alpha value is -2.89. The van der Waals surface area contributed by atoms with E-state index < -0.39 is 5.97 Å². The van der Waals surface area contributed by atoms with Gasteiger partial charge >= 0.3 is 5.97 Å². The maximum absolute atomic E-state index is 11.0. The van der Waals surface area contributed by atoms with Crippen LogP contribution in [0.3, 0.4) is 0 Å². The van der Waals surface area contributed by atoms with Crippen LogP contribution >= 0.6 is 0 Å². The fourth-order valence-electron chi connectivity index (χ4n) is 2.40. The molecule has 0 saturated carbocycles. The van der Waals surface area contributed by atoms with Gasteiger partial charge in [-0.3, -0.25) is 0 Å². The van der Waals surface area contributed by atoms with Crippen LogP contribution in [0.5, 0.6) is 23.0 Å². The van der Waals surface area contributed by atoms with Crippen LogP contribution in [-0.4, -0.2) is 32.4 Å². The SMILES string of the molecule is COc1ccc(COc2ccc(C(=O)O)c(C)c2)c(OC)c1OC. The molecule has 0 radical (unpaired) electrons. The van der Waals surface area contributed by atoms with Gasteiger partial charge in [0.15, 0.2) is 11.5 Å². The Balaban J connectivity index is 2.23. The molecule has 128 valence electrons. The van der Waals surface area contributed by atoms with E-state index in [1.807, 2.05) is 6.07 Å². The van der Waals surface area contributed by atoms with Gasteiger partial charge in [0.25, 0.3) is 0 Å². The lowest BCUT2D eigenvalue weighted by atomic mass is 10.1. The van der Waals surface area contributed by atoms with Crippen molar-refractivity contribution < 1.29 is 28.8 Å². The predicted octanol–water partition coefficient (Wildman–Crippen LogP) is 3.30. The number of carbonyl (C=O) groups is 1. The summed E-state index contributed by atoms with van der Waals surface area (Å²) in [5, 5.41) is 9.06. The fourth-order valence-corrected chi connectivity index (χ4v) is 2.40. The average Bonchev–Trinajstić information content (AvgIpc) is 2.58. The third kappa shape index (κ3) is 3.53. The third-order valence-electron chi connectivity index (χ3n) is 3.61. The highest BCUT2D eigenvalue weighted by atomic mass is 16.5. The van der Waals surface area contributed by atoms with Gasteiger partial charge in [0.05, 0.1) is 26.9 Å². The van der Waals surface area contributed by atoms with E-state index in [0.29, 0.717) is 28.6 Å². The zero-order valence-electron chi connectivity index (χ0n) is 14.1. The van der Waals surface area contributed by atoms with E-state index in [4.69, 9.17) is 24.1 Å². The molecule has 0 heterocycles. The van der Waals surface area contributed by atoms with Gasteiger partial charge in [0.1, 0.15) is 12.4 Å². The fraction of sp³-hybridized carbons (Fsp3) is 0.278. The van der Waals surface area contributed by atoms with Gasteiger partial charge in [-0.15, -0.1) is 0 Å². The third-order valence-corrected chi connectivity index (χ3v) is 3.61. The molecular formula is C18H20O6. The second kappa shape index (κ2) is 7.59. The van der Waals surface area contributed by atoms with Crippen molar-refractivity contribution in [3.8, 4) is 23.0 Å². The molecule has 0 aliphatic carbocycles. The van der Waals surface area contributed by atoms with E-state index in [1.165, 1.54) is 6.07 Å². The summed E-state index contributed by atoms with van der Waals surface area (Å²) in [6.07, 6.45) is 0. The summed E-state index contributed by atoms with van der Waals surface area (Å²) in [6.45, 7) is 1.97. The standard InChI is InChI=1S/C18H20O6/c1-11-9-13(6-7-14(11)18(19)20)24-10-12-5-8-15(21-2)17(23-4)16(12)22-3/h5-9H,10H2,1-4H3,(H,19,20). The number of rotatable bonds is 7. The minimum atomic E-state index is -0.958. The van der Waals surface area contributed by atoms with E-state index in [0.717, 1.165) is 5.56 Å². The zero-order valence-corrected chi connectivity index (χ0v) is 14.1. The van der Waals surface area contributed by atoms with E-state index >= 15 is 0 Å². The van der Waals surface area contributed by atoms with Crippen molar-refractivity contribution in [1.82, 2.24) is 0 Å². The van der Waals surface area contributed by atoms with Crippen LogP contribution in [0, 0.1) is 6.92 Å². The molecule has 2 aromatic rings. The number of aryl methyl sites for hydroxylation is 1. The highest BCUT2D eigenvalue weighted by Gasteiger charge is 2.16. The molecule has 1 N–H and O–H groups in total.